The van der Waals surface area contributed by atoms with Crippen molar-refractivity contribution in [3.05, 3.63) is 23.8 Å². The molecule has 8 heteroatoms. The van der Waals surface area contributed by atoms with Crippen LogP contribution in [0.5, 0.6) is 11.5 Å². The number of halogens is 2. The van der Waals surface area contributed by atoms with Crippen LogP contribution in [0.25, 0.3) is 0 Å². The minimum atomic E-state index is -3.01. The van der Waals surface area contributed by atoms with Crippen molar-refractivity contribution >= 4 is 11.9 Å². The topological polar surface area (TPSA) is 84.9 Å². The smallest absolute Gasteiger partial charge is 0.387 e. The summed E-state index contributed by atoms with van der Waals surface area (Å²) in [6.45, 7) is -1.17. The molecule has 0 spiro atoms. The van der Waals surface area contributed by atoms with Gasteiger partial charge < -0.3 is 19.9 Å². The minimum absolute atomic E-state index is 0.0127. The Labute approximate surface area is 132 Å². The largest absolute Gasteiger partial charge is 0.493 e. The van der Waals surface area contributed by atoms with E-state index >= 15 is 0 Å². The first-order valence-corrected chi connectivity index (χ1v) is 7.02. The van der Waals surface area contributed by atoms with Crippen molar-refractivity contribution in [3.63, 3.8) is 0 Å². The van der Waals surface area contributed by atoms with E-state index in [0.717, 1.165) is 0 Å². The van der Waals surface area contributed by atoms with Crippen molar-refractivity contribution in [3.8, 4) is 11.5 Å². The first-order valence-electron chi connectivity index (χ1n) is 7.02. The molecule has 1 atom stereocenters. The highest BCUT2D eigenvalue weighted by molar-refractivity contribution is 5.95. The molecule has 1 rings (SSSR count). The molecule has 0 aliphatic heterocycles. The normalized spacial score (nSPS) is 11.9. The molecule has 23 heavy (non-hydrogen) atoms. The molecule has 2 N–H and O–H groups in total. The van der Waals surface area contributed by atoms with E-state index in [1.807, 2.05) is 6.92 Å². The highest BCUT2D eigenvalue weighted by Crippen LogP contribution is 2.29. The number of methoxy groups -OCH3 is 1. The Bertz CT molecular complexity index is 551. The first-order chi connectivity index (χ1) is 10.9. The molecule has 1 aromatic carbocycles. The van der Waals surface area contributed by atoms with Crippen LogP contribution in [0.15, 0.2) is 18.2 Å². The van der Waals surface area contributed by atoms with Crippen LogP contribution in [0.3, 0.4) is 0 Å². The number of alkyl halides is 2. The number of hydrogen-bond donors (Lipinski definition) is 2. The van der Waals surface area contributed by atoms with Gasteiger partial charge in [-0.2, -0.15) is 8.78 Å². The quantitative estimate of drug-likeness (QED) is 0.726. The fraction of sp³-hybridized carbons (Fsp3) is 0.467. The van der Waals surface area contributed by atoms with E-state index in [1.54, 1.807) is 0 Å². The first kappa shape index (κ1) is 18.7. The van der Waals surface area contributed by atoms with Crippen molar-refractivity contribution in [1.29, 1.82) is 0 Å². The maximum atomic E-state index is 12.2. The van der Waals surface area contributed by atoms with Crippen molar-refractivity contribution in [2.24, 2.45) is 5.92 Å². The zero-order valence-corrected chi connectivity index (χ0v) is 12.8. The monoisotopic (exact) mass is 331 g/mol. The van der Waals surface area contributed by atoms with E-state index in [2.05, 4.69) is 10.1 Å². The van der Waals surface area contributed by atoms with Gasteiger partial charge >= 0.3 is 12.6 Å². The number of amides is 1. The van der Waals surface area contributed by atoms with E-state index in [-0.39, 0.29) is 23.6 Å². The fourth-order valence-electron chi connectivity index (χ4n) is 1.98. The number of aliphatic carboxylic acids is 1. The third kappa shape index (κ3) is 5.72. The average molecular weight is 331 g/mol. The molecule has 0 aromatic heterocycles. The van der Waals surface area contributed by atoms with Crippen LogP contribution in [-0.4, -0.2) is 37.2 Å². The summed E-state index contributed by atoms with van der Waals surface area (Å²) in [5.74, 6) is -2.37. The molecule has 6 nitrogen and oxygen atoms in total. The maximum Gasteiger partial charge on any atom is 0.387 e. The zero-order chi connectivity index (χ0) is 17.4. The van der Waals surface area contributed by atoms with Crippen molar-refractivity contribution in [2.75, 3.05) is 13.7 Å². The molecule has 0 saturated heterocycles. The summed E-state index contributed by atoms with van der Waals surface area (Å²) in [5, 5.41) is 11.5. The van der Waals surface area contributed by atoms with Crippen molar-refractivity contribution in [1.82, 2.24) is 5.32 Å². The Morgan fingerprint density at radius 2 is 2.00 bits per heavy atom. The average Bonchev–Trinajstić information content (AvgIpc) is 2.50. The third-order valence-corrected chi connectivity index (χ3v) is 3.14. The van der Waals surface area contributed by atoms with Gasteiger partial charge in [0.05, 0.1) is 13.0 Å². The second-order valence-electron chi connectivity index (χ2n) is 4.78. The lowest BCUT2D eigenvalue weighted by molar-refractivity contribution is -0.141. The number of carbonyl (C=O) groups excluding carboxylic acids is 1. The van der Waals surface area contributed by atoms with Crippen molar-refractivity contribution in [2.45, 2.75) is 26.4 Å². The van der Waals surface area contributed by atoms with Gasteiger partial charge in [0, 0.05) is 12.1 Å². The maximum absolute atomic E-state index is 12.2. The van der Waals surface area contributed by atoms with Crippen molar-refractivity contribution < 1.29 is 33.0 Å². The fourth-order valence-corrected chi connectivity index (χ4v) is 1.98. The van der Waals surface area contributed by atoms with E-state index < -0.39 is 24.4 Å². The lowest BCUT2D eigenvalue weighted by Gasteiger charge is -2.14. The lowest BCUT2D eigenvalue weighted by Crippen LogP contribution is -2.32. The van der Waals surface area contributed by atoms with Crippen LogP contribution in [0.1, 0.15) is 30.1 Å². The summed E-state index contributed by atoms with van der Waals surface area (Å²) in [6.07, 6.45) is 1.13. The Morgan fingerprint density at radius 1 is 1.30 bits per heavy atom. The second-order valence-corrected chi connectivity index (χ2v) is 4.78. The molecule has 1 amide bonds. The van der Waals surface area contributed by atoms with Crippen LogP contribution >= 0.6 is 0 Å². The van der Waals surface area contributed by atoms with E-state index in [9.17, 15) is 18.4 Å². The number of ether oxygens (including phenoxy) is 2. The summed E-state index contributed by atoms with van der Waals surface area (Å²) in [7, 11) is 1.26. The number of carbonyl (C=O) groups is 2. The van der Waals surface area contributed by atoms with E-state index in [0.29, 0.717) is 12.8 Å². The summed E-state index contributed by atoms with van der Waals surface area (Å²) in [6, 6.07) is 3.74. The van der Waals surface area contributed by atoms with Gasteiger partial charge in [0.1, 0.15) is 0 Å². The molecule has 128 valence electrons. The lowest BCUT2D eigenvalue weighted by atomic mass is 10.0. The minimum Gasteiger partial charge on any atom is -0.493 e. The number of nitrogens with one attached hydrogen (secondary N) is 1. The number of benzene rings is 1. The Kier molecular flexibility index (Phi) is 7.24. The van der Waals surface area contributed by atoms with Gasteiger partial charge in [0.2, 0.25) is 0 Å². The van der Waals surface area contributed by atoms with Gasteiger partial charge in [-0.25, -0.2) is 0 Å². The molecule has 1 aromatic rings. The summed E-state index contributed by atoms with van der Waals surface area (Å²) < 4.78 is 33.7. The van der Waals surface area contributed by atoms with E-state index in [4.69, 9.17) is 9.84 Å². The molecule has 0 radical (unpaired) electrons. The van der Waals surface area contributed by atoms with Gasteiger partial charge in [-0.05, 0) is 24.6 Å². The molecule has 0 aliphatic rings. The van der Waals surface area contributed by atoms with Gasteiger partial charge in [-0.1, -0.05) is 13.3 Å². The van der Waals surface area contributed by atoms with Crippen LogP contribution in [0.4, 0.5) is 8.78 Å². The Balaban J connectivity index is 2.78. The number of rotatable bonds is 9. The summed E-state index contributed by atoms with van der Waals surface area (Å²) in [4.78, 5) is 23.1. The van der Waals surface area contributed by atoms with Gasteiger partial charge in [-0.3, -0.25) is 9.59 Å². The van der Waals surface area contributed by atoms with Gasteiger partial charge in [-0.15, -0.1) is 0 Å². The van der Waals surface area contributed by atoms with Crippen LogP contribution in [-0.2, 0) is 4.79 Å². The SMILES string of the molecule is CCCC(CNC(=O)c1ccc(OC(F)F)c(OC)c1)C(=O)O. The number of carboxylic acids is 1. The number of carboxylic acid groups (broad SMARTS) is 1. The standard InChI is InChI=1S/C15H19F2NO5/c1-3-4-10(14(20)21)8-18-13(19)9-5-6-11(23-15(16)17)12(7-9)22-2/h5-7,10,15H,3-4,8H2,1-2H3,(H,18,19)(H,20,21). The Morgan fingerprint density at radius 3 is 2.52 bits per heavy atom. The highest BCUT2D eigenvalue weighted by Gasteiger charge is 2.19. The molecule has 0 aliphatic carbocycles. The third-order valence-electron chi connectivity index (χ3n) is 3.14. The van der Waals surface area contributed by atoms with Gasteiger partial charge in [0.15, 0.2) is 11.5 Å². The second kappa shape index (κ2) is 8.92. The molecule has 0 heterocycles. The molecule has 1 unspecified atom stereocenters. The Hall–Kier alpha value is -2.38. The molecule has 0 bridgehead atoms. The van der Waals surface area contributed by atoms with Crippen LogP contribution in [0, 0.1) is 5.92 Å². The number of hydrogen-bond acceptors (Lipinski definition) is 4. The molecule has 0 saturated carbocycles. The highest BCUT2D eigenvalue weighted by atomic mass is 19.3. The zero-order valence-electron chi connectivity index (χ0n) is 12.8. The van der Waals surface area contributed by atoms with Gasteiger partial charge in [0.25, 0.3) is 5.91 Å². The van der Waals surface area contributed by atoms with Crippen LogP contribution in [0.2, 0.25) is 0 Å². The summed E-state index contributed by atoms with van der Waals surface area (Å²) in [5.41, 5.74) is 0.157. The predicted molar refractivity (Wildman–Crippen MR) is 78.0 cm³/mol. The molecular formula is C15H19F2NO5. The predicted octanol–water partition coefficient (Wildman–Crippen LogP) is 2.53. The van der Waals surface area contributed by atoms with E-state index in [1.165, 1.54) is 25.3 Å². The van der Waals surface area contributed by atoms with Crippen LogP contribution < -0.4 is 14.8 Å². The molecule has 0 fully saturated rings. The summed E-state index contributed by atoms with van der Waals surface area (Å²) >= 11 is 0. The molecular weight excluding hydrogens is 312 g/mol.